The fourth-order valence-electron chi connectivity index (χ4n) is 2.07. The Morgan fingerprint density at radius 2 is 1.72 bits per heavy atom. The second-order valence-electron chi connectivity index (χ2n) is 4.43. The van der Waals surface area contributed by atoms with Crippen LogP contribution in [0.3, 0.4) is 0 Å². The molecule has 0 spiro atoms. The van der Waals surface area contributed by atoms with Crippen LogP contribution >= 0.6 is 0 Å². The van der Waals surface area contributed by atoms with Gasteiger partial charge in [0.1, 0.15) is 0 Å². The van der Waals surface area contributed by atoms with E-state index in [-0.39, 0.29) is 12.5 Å². The van der Waals surface area contributed by atoms with E-state index in [4.69, 9.17) is 5.73 Å². The van der Waals surface area contributed by atoms with Gasteiger partial charge in [-0.1, -0.05) is 12.8 Å². The van der Waals surface area contributed by atoms with Gasteiger partial charge in [-0.3, -0.25) is 4.79 Å². The maximum Gasteiger partial charge on any atom is 0.463 e. The monoisotopic (exact) mass is 274 g/mol. The SMILES string of the molecule is NCC1CCCCC1NC(=O)C(F)(F)C(F)(F)F. The van der Waals surface area contributed by atoms with Crippen LogP contribution in [0, 0.1) is 5.92 Å². The van der Waals surface area contributed by atoms with Crippen LogP contribution in [0.15, 0.2) is 0 Å². The van der Waals surface area contributed by atoms with Crippen LogP contribution < -0.4 is 11.1 Å². The number of rotatable bonds is 3. The molecule has 0 radical (unpaired) electrons. The van der Waals surface area contributed by atoms with E-state index in [1.165, 1.54) is 0 Å². The Kier molecular flexibility index (Phi) is 4.52. The van der Waals surface area contributed by atoms with Crippen molar-refractivity contribution in [3.8, 4) is 0 Å². The molecule has 0 bridgehead atoms. The second-order valence-corrected chi connectivity index (χ2v) is 4.43. The largest absolute Gasteiger partial charge is 0.463 e. The molecule has 3 nitrogen and oxygen atoms in total. The molecule has 0 aromatic carbocycles. The van der Waals surface area contributed by atoms with E-state index < -0.39 is 24.0 Å². The summed E-state index contributed by atoms with van der Waals surface area (Å²) >= 11 is 0. The van der Waals surface area contributed by atoms with E-state index in [2.05, 4.69) is 0 Å². The summed E-state index contributed by atoms with van der Waals surface area (Å²) in [5.74, 6) is -7.89. The lowest BCUT2D eigenvalue weighted by Crippen LogP contribution is -2.55. The first-order chi connectivity index (χ1) is 8.20. The number of nitrogens with one attached hydrogen (secondary N) is 1. The fraction of sp³-hybridized carbons (Fsp3) is 0.900. The van der Waals surface area contributed by atoms with Crippen molar-refractivity contribution >= 4 is 5.91 Å². The zero-order valence-corrected chi connectivity index (χ0v) is 9.57. The highest BCUT2D eigenvalue weighted by molar-refractivity contribution is 5.84. The maximum absolute atomic E-state index is 12.7. The number of hydrogen-bond donors (Lipinski definition) is 2. The highest BCUT2D eigenvalue weighted by atomic mass is 19.4. The number of hydrogen-bond acceptors (Lipinski definition) is 2. The van der Waals surface area contributed by atoms with Crippen molar-refractivity contribution in [2.45, 2.75) is 43.8 Å². The van der Waals surface area contributed by atoms with Gasteiger partial charge in [-0.15, -0.1) is 0 Å². The first-order valence-electron chi connectivity index (χ1n) is 5.65. The van der Waals surface area contributed by atoms with Gasteiger partial charge in [0.2, 0.25) is 0 Å². The normalized spacial score (nSPS) is 25.9. The van der Waals surface area contributed by atoms with Crippen molar-refractivity contribution in [3.63, 3.8) is 0 Å². The summed E-state index contributed by atoms with van der Waals surface area (Å²) in [6.07, 6.45) is -3.35. The zero-order chi connectivity index (χ0) is 14.0. The zero-order valence-electron chi connectivity index (χ0n) is 9.57. The van der Waals surface area contributed by atoms with E-state index in [1.54, 1.807) is 5.32 Å². The quantitative estimate of drug-likeness (QED) is 0.771. The van der Waals surface area contributed by atoms with Gasteiger partial charge in [0, 0.05) is 6.04 Å². The molecule has 1 aliphatic rings. The van der Waals surface area contributed by atoms with E-state index in [0.717, 1.165) is 6.42 Å². The maximum atomic E-state index is 12.7. The van der Waals surface area contributed by atoms with Crippen LogP contribution in [-0.2, 0) is 4.79 Å². The second kappa shape index (κ2) is 5.38. The lowest BCUT2D eigenvalue weighted by Gasteiger charge is -2.32. The highest BCUT2D eigenvalue weighted by Crippen LogP contribution is 2.36. The Morgan fingerprint density at radius 1 is 1.17 bits per heavy atom. The molecule has 1 aliphatic carbocycles. The number of halogens is 5. The van der Waals surface area contributed by atoms with E-state index >= 15 is 0 Å². The highest BCUT2D eigenvalue weighted by Gasteiger charge is 2.63. The van der Waals surface area contributed by atoms with Crippen LogP contribution in [0.1, 0.15) is 25.7 Å². The molecule has 0 heterocycles. The third-order valence-electron chi connectivity index (χ3n) is 3.17. The summed E-state index contributed by atoms with van der Waals surface area (Å²) in [7, 11) is 0. The fourth-order valence-corrected chi connectivity index (χ4v) is 2.07. The van der Waals surface area contributed by atoms with Crippen LogP contribution in [0.5, 0.6) is 0 Å². The molecule has 1 rings (SSSR count). The molecule has 0 aromatic heterocycles. The summed E-state index contributed by atoms with van der Waals surface area (Å²) in [6.45, 7) is 0.155. The van der Waals surface area contributed by atoms with Crippen molar-refractivity contribution in [2.75, 3.05) is 6.54 Å². The molecule has 2 unspecified atom stereocenters. The van der Waals surface area contributed by atoms with Crippen molar-refractivity contribution in [1.29, 1.82) is 0 Å². The number of alkyl halides is 5. The predicted molar refractivity (Wildman–Crippen MR) is 53.9 cm³/mol. The Morgan fingerprint density at radius 3 is 2.22 bits per heavy atom. The number of nitrogens with two attached hydrogens (primary N) is 1. The Bertz CT molecular complexity index is 305. The van der Waals surface area contributed by atoms with E-state index in [0.29, 0.717) is 19.3 Å². The third-order valence-corrected chi connectivity index (χ3v) is 3.17. The Hall–Kier alpha value is -0.920. The minimum atomic E-state index is -5.87. The summed E-state index contributed by atoms with van der Waals surface area (Å²) in [4.78, 5) is 11.0. The van der Waals surface area contributed by atoms with Crippen molar-refractivity contribution in [3.05, 3.63) is 0 Å². The van der Waals surface area contributed by atoms with Gasteiger partial charge in [-0.05, 0) is 25.3 Å². The molecule has 18 heavy (non-hydrogen) atoms. The average Bonchev–Trinajstić information content (AvgIpc) is 2.28. The van der Waals surface area contributed by atoms with Crippen LogP contribution in [0.25, 0.3) is 0 Å². The molecule has 3 N–H and O–H groups in total. The Balaban J connectivity index is 2.69. The van der Waals surface area contributed by atoms with Crippen molar-refractivity contribution < 1.29 is 26.7 Å². The molecular weight excluding hydrogens is 259 g/mol. The van der Waals surface area contributed by atoms with E-state index in [9.17, 15) is 26.7 Å². The molecule has 1 saturated carbocycles. The molecule has 0 aromatic rings. The van der Waals surface area contributed by atoms with Gasteiger partial charge in [-0.25, -0.2) is 0 Å². The molecule has 106 valence electrons. The van der Waals surface area contributed by atoms with Gasteiger partial charge in [0.25, 0.3) is 0 Å². The third kappa shape index (κ3) is 3.09. The average molecular weight is 274 g/mol. The summed E-state index contributed by atoms with van der Waals surface area (Å²) in [5.41, 5.74) is 5.40. The number of amides is 1. The topological polar surface area (TPSA) is 55.1 Å². The predicted octanol–water partition coefficient (Wildman–Crippen LogP) is 1.82. The molecule has 2 atom stereocenters. The molecular formula is C10H15F5N2O. The van der Waals surface area contributed by atoms with Gasteiger partial charge in [-0.2, -0.15) is 22.0 Å². The first-order valence-corrected chi connectivity index (χ1v) is 5.65. The smallest absolute Gasteiger partial charge is 0.347 e. The summed E-state index contributed by atoms with van der Waals surface area (Å²) in [5, 5.41) is 1.78. The molecule has 8 heteroatoms. The van der Waals surface area contributed by atoms with Crippen LogP contribution in [-0.4, -0.2) is 30.6 Å². The standard InChI is InChI=1S/C10H15F5N2O/c11-9(12,10(13,14)15)8(18)17-7-4-2-1-3-6(7)5-16/h6-7H,1-5,16H2,(H,17,18). The first kappa shape index (κ1) is 15.1. The molecule has 1 amide bonds. The molecule has 0 aliphatic heterocycles. The van der Waals surface area contributed by atoms with Gasteiger partial charge < -0.3 is 11.1 Å². The van der Waals surface area contributed by atoms with Crippen molar-refractivity contribution in [1.82, 2.24) is 5.32 Å². The lowest BCUT2D eigenvalue weighted by molar-refractivity contribution is -0.270. The van der Waals surface area contributed by atoms with Gasteiger partial charge in [0.15, 0.2) is 0 Å². The van der Waals surface area contributed by atoms with Crippen LogP contribution in [0.2, 0.25) is 0 Å². The molecule has 1 fully saturated rings. The summed E-state index contributed by atoms with van der Waals surface area (Å²) < 4.78 is 61.4. The minimum Gasteiger partial charge on any atom is -0.347 e. The molecule has 0 saturated heterocycles. The number of carbonyl (C=O) groups is 1. The lowest BCUT2D eigenvalue weighted by atomic mass is 9.84. The number of carbonyl (C=O) groups excluding carboxylic acids is 1. The van der Waals surface area contributed by atoms with Gasteiger partial charge >= 0.3 is 18.0 Å². The van der Waals surface area contributed by atoms with Gasteiger partial charge in [0.05, 0.1) is 0 Å². The Labute approximate surface area is 101 Å². The summed E-state index contributed by atoms with van der Waals surface area (Å²) in [6, 6.07) is -0.704. The minimum absolute atomic E-state index is 0.155. The van der Waals surface area contributed by atoms with Crippen molar-refractivity contribution in [2.24, 2.45) is 11.7 Å². The van der Waals surface area contributed by atoms with Crippen LogP contribution in [0.4, 0.5) is 22.0 Å². The van der Waals surface area contributed by atoms with E-state index in [1.807, 2.05) is 0 Å².